The molecule has 0 unspecified atom stereocenters. The Hall–Kier alpha value is -3.10. The van der Waals surface area contributed by atoms with Gasteiger partial charge in [-0.15, -0.1) is 6.58 Å². The summed E-state index contributed by atoms with van der Waals surface area (Å²) in [5.41, 5.74) is 0.581. The normalized spacial score (nSPS) is 11.1. The van der Waals surface area contributed by atoms with Crippen LogP contribution in [0.25, 0.3) is 0 Å². The minimum absolute atomic E-state index is 0.0270. The van der Waals surface area contributed by atoms with E-state index in [1.807, 2.05) is 0 Å². The second kappa shape index (κ2) is 9.60. The molecule has 156 valence electrons. The molecule has 0 saturated carbocycles. The lowest BCUT2D eigenvalue weighted by molar-refractivity contribution is 0.0487. The zero-order chi connectivity index (χ0) is 21.6. The van der Waals surface area contributed by atoms with Gasteiger partial charge in [-0.05, 0) is 48.5 Å². The van der Waals surface area contributed by atoms with Crippen LogP contribution >= 0.6 is 11.6 Å². The standard InChI is InChI=1S/C21H20ClN3O4S/c1-2-12-25(19-9-7-18(22)8-10-19)30(27,28)20-6-3-5-17(16-20)21(26)29-15-14-24-13-4-11-23-24/h2-11,13,16H,1,12,14-15H2. The quantitative estimate of drug-likeness (QED) is 0.370. The van der Waals surface area contributed by atoms with Crippen molar-refractivity contribution in [1.29, 1.82) is 0 Å². The van der Waals surface area contributed by atoms with Crippen molar-refractivity contribution in [2.75, 3.05) is 17.5 Å². The van der Waals surface area contributed by atoms with Gasteiger partial charge in [-0.3, -0.25) is 8.99 Å². The fraction of sp³-hybridized carbons (Fsp3) is 0.143. The van der Waals surface area contributed by atoms with Crippen LogP contribution in [0.4, 0.5) is 5.69 Å². The van der Waals surface area contributed by atoms with E-state index in [0.717, 1.165) is 0 Å². The largest absolute Gasteiger partial charge is 0.460 e. The molecule has 7 nitrogen and oxygen atoms in total. The summed E-state index contributed by atoms with van der Waals surface area (Å²) in [5, 5.41) is 4.52. The Morgan fingerprint density at radius 2 is 1.97 bits per heavy atom. The molecule has 1 aromatic heterocycles. The van der Waals surface area contributed by atoms with E-state index in [-0.39, 0.29) is 23.6 Å². The van der Waals surface area contributed by atoms with Crippen LogP contribution in [0.5, 0.6) is 0 Å². The monoisotopic (exact) mass is 445 g/mol. The maximum atomic E-state index is 13.2. The van der Waals surface area contributed by atoms with E-state index in [1.165, 1.54) is 34.6 Å². The lowest BCUT2D eigenvalue weighted by Crippen LogP contribution is -2.31. The lowest BCUT2D eigenvalue weighted by atomic mass is 10.2. The van der Waals surface area contributed by atoms with Gasteiger partial charge in [-0.2, -0.15) is 5.10 Å². The van der Waals surface area contributed by atoms with Crippen molar-refractivity contribution in [1.82, 2.24) is 9.78 Å². The number of aromatic nitrogens is 2. The van der Waals surface area contributed by atoms with Crippen molar-refractivity contribution < 1.29 is 17.9 Å². The molecule has 9 heteroatoms. The van der Waals surface area contributed by atoms with Crippen molar-refractivity contribution in [3.05, 3.63) is 90.2 Å². The van der Waals surface area contributed by atoms with Gasteiger partial charge in [0.1, 0.15) is 6.61 Å². The van der Waals surface area contributed by atoms with Crippen LogP contribution in [-0.4, -0.2) is 37.3 Å². The van der Waals surface area contributed by atoms with Gasteiger partial charge in [0.2, 0.25) is 0 Å². The predicted molar refractivity (Wildman–Crippen MR) is 115 cm³/mol. The van der Waals surface area contributed by atoms with Crippen LogP contribution in [0.15, 0.2) is 84.5 Å². The molecule has 0 aliphatic carbocycles. The molecule has 1 heterocycles. The number of hydrogen-bond acceptors (Lipinski definition) is 5. The first-order valence-electron chi connectivity index (χ1n) is 9.05. The molecule has 0 radical (unpaired) electrons. The highest BCUT2D eigenvalue weighted by Crippen LogP contribution is 2.25. The number of anilines is 1. The highest BCUT2D eigenvalue weighted by Gasteiger charge is 2.25. The average molecular weight is 446 g/mol. The zero-order valence-electron chi connectivity index (χ0n) is 16.0. The van der Waals surface area contributed by atoms with E-state index in [1.54, 1.807) is 47.4 Å². The summed E-state index contributed by atoms with van der Waals surface area (Å²) in [4.78, 5) is 12.3. The molecule has 0 fully saturated rings. The van der Waals surface area contributed by atoms with Crippen LogP contribution < -0.4 is 4.31 Å². The van der Waals surface area contributed by atoms with Gasteiger partial charge in [0.15, 0.2) is 0 Å². The Morgan fingerprint density at radius 1 is 1.20 bits per heavy atom. The lowest BCUT2D eigenvalue weighted by Gasteiger charge is -2.23. The van der Waals surface area contributed by atoms with E-state index in [0.29, 0.717) is 17.3 Å². The molecule has 0 bridgehead atoms. The zero-order valence-corrected chi connectivity index (χ0v) is 17.6. The molecule has 0 N–H and O–H groups in total. The van der Waals surface area contributed by atoms with Gasteiger partial charge >= 0.3 is 5.97 Å². The number of nitrogens with zero attached hydrogens (tertiary/aromatic N) is 3. The summed E-state index contributed by atoms with van der Waals surface area (Å²) < 4.78 is 34.5. The van der Waals surface area contributed by atoms with Gasteiger partial charge in [-0.25, -0.2) is 13.2 Å². The highest BCUT2D eigenvalue weighted by atomic mass is 35.5. The first-order valence-corrected chi connectivity index (χ1v) is 10.9. The Kier molecular flexibility index (Phi) is 6.91. The summed E-state index contributed by atoms with van der Waals surface area (Å²) in [5.74, 6) is -0.610. The van der Waals surface area contributed by atoms with Crippen LogP contribution in [0.3, 0.4) is 0 Å². The van der Waals surface area contributed by atoms with Crippen LogP contribution in [0.2, 0.25) is 5.02 Å². The Labute approximate surface area is 180 Å². The molecule has 0 atom stereocenters. The number of esters is 1. The molecule has 0 amide bonds. The molecule has 0 aliphatic heterocycles. The maximum absolute atomic E-state index is 13.2. The molecule has 30 heavy (non-hydrogen) atoms. The molecule has 0 saturated heterocycles. The maximum Gasteiger partial charge on any atom is 0.338 e. The van der Waals surface area contributed by atoms with Gasteiger partial charge in [0, 0.05) is 17.4 Å². The number of carbonyl (C=O) groups is 1. The fourth-order valence-electron chi connectivity index (χ4n) is 2.73. The van der Waals surface area contributed by atoms with E-state index in [2.05, 4.69) is 11.7 Å². The minimum Gasteiger partial charge on any atom is -0.460 e. The Bertz CT molecular complexity index is 1110. The summed E-state index contributed by atoms with van der Waals surface area (Å²) in [6.07, 6.45) is 4.87. The first-order chi connectivity index (χ1) is 14.4. The highest BCUT2D eigenvalue weighted by molar-refractivity contribution is 7.92. The van der Waals surface area contributed by atoms with Crippen molar-refractivity contribution >= 4 is 33.3 Å². The van der Waals surface area contributed by atoms with Crippen molar-refractivity contribution in [2.24, 2.45) is 0 Å². The molecule has 0 aliphatic rings. The number of halogens is 1. The second-order valence-electron chi connectivity index (χ2n) is 6.23. The van der Waals surface area contributed by atoms with Crippen LogP contribution in [0.1, 0.15) is 10.4 Å². The van der Waals surface area contributed by atoms with Crippen LogP contribution in [0, 0.1) is 0 Å². The molecule has 3 aromatic rings. The molecule has 2 aromatic carbocycles. The SMILES string of the molecule is C=CCN(c1ccc(Cl)cc1)S(=O)(=O)c1cccc(C(=O)OCCn2cccn2)c1. The number of ether oxygens (including phenoxy) is 1. The van der Waals surface area contributed by atoms with Crippen LogP contribution in [-0.2, 0) is 21.3 Å². The van der Waals surface area contributed by atoms with Gasteiger partial charge in [0.25, 0.3) is 10.0 Å². The Balaban J connectivity index is 1.80. The number of sulfonamides is 1. The number of benzene rings is 2. The third-order valence-corrected chi connectivity index (χ3v) is 6.22. The summed E-state index contributed by atoms with van der Waals surface area (Å²) in [6.45, 7) is 4.22. The van der Waals surface area contributed by atoms with Crippen molar-refractivity contribution in [2.45, 2.75) is 11.4 Å². The van der Waals surface area contributed by atoms with Gasteiger partial charge in [0.05, 0.1) is 29.2 Å². The van der Waals surface area contributed by atoms with E-state index < -0.39 is 16.0 Å². The third kappa shape index (κ3) is 5.08. The molecular formula is C21H20ClN3O4S. The number of hydrogen-bond donors (Lipinski definition) is 0. The van der Waals surface area contributed by atoms with Crippen molar-refractivity contribution in [3.8, 4) is 0 Å². The summed E-state index contributed by atoms with van der Waals surface area (Å²) in [7, 11) is -3.94. The van der Waals surface area contributed by atoms with E-state index in [9.17, 15) is 13.2 Å². The molecule has 0 spiro atoms. The van der Waals surface area contributed by atoms with E-state index >= 15 is 0 Å². The van der Waals surface area contributed by atoms with E-state index in [4.69, 9.17) is 16.3 Å². The summed E-state index contributed by atoms with van der Waals surface area (Å²) >= 11 is 5.91. The average Bonchev–Trinajstić information content (AvgIpc) is 3.26. The smallest absolute Gasteiger partial charge is 0.338 e. The fourth-order valence-corrected chi connectivity index (χ4v) is 4.33. The first kappa shape index (κ1) is 21.6. The predicted octanol–water partition coefficient (Wildman–Crippen LogP) is 3.77. The number of rotatable bonds is 9. The molecular weight excluding hydrogens is 426 g/mol. The third-order valence-electron chi connectivity index (χ3n) is 4.18. The van der Waals surface area contributed by atoms with Gasteiger partial charge < -0.3 is 4.74 Å². The van der Waals surface area contributed by atoms with Crippen molar-refractivity contribution in [3.63, 3.8) is 0 Å². The Morgan fingerprint density at radius 3 is 2.63 bits per heavy atom. The summed E-state index contributed by atoms with van der Waals surface area (Å²) in [6, 6.07) is 13.9. The minimum atomic E-state index is -3.94. The molecule has 3 rings (SSSR count). The second-order valence-corrected chi connectivity index (χ2v) is 8.53. The van der Waals surface area contributed by atoms with Gasteiger partial charge in [-0.1, -0.05) is 23.7 Å². The topological polar surface area (TPSA) is 81.5 Å². The number of carbonyl (C=O) groups excluding carboxylic acids is 1.